The molecule has 1 saturated carbocycles. The summed E-state index contributed by atoms with van der Waals surface area (Å²) in [6.07, 6.45) is 11.7. The van der Waals surface area contributed by atoms with Gasteiger partial charge in [0.1, 0.15) is 11.6 Å². The SMILES string of the molecule is Cc1cc([C@H](CCN2[C@@H]3CC[C@H]2CC(n2c(C)nnc2C(C)C)C3)NC(=O)C2CCCCC2)sc1C. The number of rotatable bonds is 8. The van der Waals surface area contributed by atoms with Crippen molar-refractivity contribution in [1.29, 1.82) is 0 Å². The maximum absolute atomic E-state index is 13.2. The topological polar surface area (TPSA) is 63.1 Å². The van der Waals surface area contributed by atoms with Crippen LogP contribution in [0.25, 0.3) is 0 Å². The van der Waals surface area contributed by atoms with Gasteiger partial charge in [-0.05, 0) is 77.3 Å². The minimum atomic E-state index is 0.126. The first-order chi connectivity index (χ1) is 17.3. The molecule has 7 heteroatoms. The molecule has 0 radical (unpaired) electrons. The molecule has 3 fully saturated rings. The van der Waals surface area contributed by atoms with Crippen molar-refractivity contribution in [3.63, 3.8) is 0 Å². The van der Waals surface area contributed by atoms with E-state index in [9.17, 15) is 4.79 Å². The number of hydrogen-bond acceptors (Lipinski definition) is 5. The van der Waals surface area contributed by atoms with Gasteiger partial charge < -0.3 is 9.88 Å². The summed E-state index contributed by atoms with van der Waals surface area (Å²) < 4.78 is 2.44. The average Bonchev–Trinajstić information content (AvgIpc) is 3.49. The second-order valence-corrected chi connectivity index (χ2v) is 13.2. The van der Waals surface area contributed by atoms with E-state index in [1.54, 1.807) is 0 Å². The molecule has 0 spiro atoms. The van der Waals surface area contributed by atoms with Crippen LogP contribution in [-0.2, 0) is 4.79 Å². The van der Waals surface area contributed by atoms with Gasteiger partial charge in [-0.2, -0.15) is 0 Å². The Morgan fingerprint density at radius 2 is 1.72 bits per heavy atom. The zero-order valence-electron chi connectivity index (χ0n) is 22.9. The smallest absolute Gasteiger partial charge is 0.223 e. The van der Waals surface area contributed by atoms with Gasteiger partial charge in [-0.25, -0.2) is 0 Å². The van der Waals surface area contributed by atoms with Crippen LogP contribution in [0.2, 0.25) is 0 Å². The summed E-state index contributed by atoms with van der Waals surface area (Å²) in [5.41, 5.74) is 1.35. The number of amides is 1. The van der Waals surface area contributed by atoms with E-state index in [1.165, 1.54) is 60.3 Å². The fourth-order valence-corrected chi connectivity index (χ4v) is 8.17. The molecule has 0 aromatic carbocycles. The number of hydrogen-bond donors (Lipinski definition) is 1. The highest BCUT2D eigenvalue weighted by molar-refractivity contribution is 7.12. The maximum atomic E-state index is 13.2. The molecule has 2 aromatic heterocycles. The highest BCUT2D eigenvalue weighted by Gasteiger charge is 2.42. The summed E-state index contributed by atoms with van der Waals surface area (Å²) in [5, 5.41) is 12.5. The second-order valence-electron chi connectivity index (χ2n) is 12.0. The Hall–Kier alpha value is -1.73. The molecule has 2 saturated heterocycles. The number of nitrogens with one attached hydrogen (secondary N) is 1. The third kappa shape index (κ3) is 5.28. The van der Waals surface area contributed by atoms with E-state index in [2.05, 4.69) is 65.7 Å². The van der Waals surface area contributed by atoms with Crippen molar-refractivity contribution in [3.05, 3.63) is 33.0 Å². The van der Waals surface area contributed by atoms with Crippen molar-refractivity contribution in [1.82, 2.24) is 25.0 Å². The van der Waals surface area contributed by atoms with E-state index in [4.69, 9.17) is 0 Å². The fourth-order valence-electron chi connectivity index (χ4n) is 7.04. The maximum Gasteiger partial charge on any atom is 0.223 e. The van der Waals surface area contributed by atoms with Crippen molar-refractivity contribution in [2.24, 2.45) is 5.92 Å². The summed E-state index contributed by atoms with van der Waals surface area (Å²) in [4.78, 5) is 18.7. The number of carbonyl (C=O) groups excluding carboxylic acids is 1. The largest absolute Gasteiger partial charge is 0.348 e. The lowest BCUT2D eigenvalue weighted by Gasteiger charge is -2.40. The Morgan fingerprint density at radius 3 is 2.33 bits per heavy atom. The number of carbonyl (C=O) groups is 1. The van der Waals surface area contributed by atoms with Crippen molar-refractivity contribution < 1.29 is 4.79 Å². The van der Waals surface area contributed by atoms with Gasteiger partial charge in [-0.15, -0.1) is 21.5 Å². The van der Waals surface area contributed by atoms with E-state index in [-0.39, 0.29) is 17.9 Å². The zero-order valence-corrected chi connectivity index (χ0v) is 23.7. The number of fused-ring (bicyclic) bond motifs is 2. The average molecular weight is 512 g/mol. The van der Waals surface area contributed by atoms with E-state index in [0.717, 1.165) is 37.5 Å². The third-order valence-electron chi connectivity index (χ3n) is 9.13. The Morgan fingerprint density at radius 1 is 1.03 bits per heavy atom. The van der Waals surface area contributed by atoms with Gasteiger partial charge in [0.15, 0.2) is 0 Å². The van der Waals surface area contributed by atoms with Gasteiger partial charge in [-0.3, -0.25) is 9.69 Å². The van der Waals surface area contributed by atoms with Crippen LogP contribution in [0.15, 0.2) is 6.07 Å². The van der Waals surface area contributed by atoms with Crippen LogP contribution < -0.4 is 5.32 Å². The van der Waals surface area contributed by atoms with Crippen LogP contribution in [0, 0.1) is 26.7 Å². The van der Waals surface area contributed by atoms with Gasteiger partial charge in [0.25, 0.3) is 0 Å². The summed E-state index contributed by atoms with van der Waals surface area (Å²) in [5.74, 6) is 3.09. The molecule has 1 aliphatic carbocycles. The first-order valence-corrected chi connectivity index (χ1v) is 15.2. The monoisotopic (exact) mass is 511 g/mol. The lowest BCUT2D eigenvalue weighted by molar-refractivity contribution is -0.126. The molecule has 4 heterocycles. The van der Waals surface area contributed by atoms with Gasteiger partial charge >= 0.3 is 0 Å². The summed E-state index contributed by atoms with van der Waals surface area (Å²) >= 11 is 1.87. The molecule has 4 atom stereocenters. The third-order valence-corrected chi connectivity index (χ3v) is 10.4. The molecule has 3 aliphatic rings. The van der Waals surface area contributed by atoms with Crippen LogP contribution >= 0.6 is 11.3 Å². The molecule has 1 amide bonds. The number of piperidine rings is 1. The Balaban J connectivity index is 1.27. The quantitative estimate of drug-likeness (QED) is 0.446. The summed E-state index contributed by atoms with van der Waals surface area (Å²) in [7, 11) is 0. The molecule has 1 unspecified atom stereocenters. The van der Waals surface area contributed by atoms with Gasteiger partial charge in [0.2, 0.25) is 5.91 Å². The first-order valence-electron chi connectivity index (χ1n) is 14.4. The minimum Gasteiger partial charge on any atom is -0.348 e. The van der Waals surface area contributed by atoms with Crippen molar-refractivity contribution in [2.75, 3.05) is 6.54 Å². The highest BCUT2D eigenvalue weighted by atomic mass is 32.1. The molecule has 6 nitrogen and oxygen atoms in total. The molecule has 198 valence electrons. The van der Waals surface area contributed by atoms with Crippen LogP contribution in [0.4, 0.5) is 0 Å². The molecule has 1 N–H and O–H groups in total. The lowest BCUT2D eigenvalue weighted by atomic mass is 9.88. The van der Waals surface area contributed by atoms with E-state index in [0.29, 0.717) is 24.0 Å². The molecule has 2 bridgehead atoms. The van der Waals surface area contributed by atoms with Crippen LogP contribution in [0.1, 0.15) is 123 Å². The molecule has 5 rings (SSSR count). The van der Waals surface area contributed by atoms with Crippen molar-refractivity contribution >= 4 is 17.2 Å². The van der Waals surface area contributed by atoms with Crippen molar-refractivity contribution in [3.8, 4) is 0 Å². The lowest BCUT2D eigenvalue weighted by Crippen LogP contribution is -2.45. The Bertz CT molecular complexity index is 1020. The number of aromatic nitrogens is 3. The van der Waals surface area contributed by atoms with E-state index < -0.39 is 0 Å². The fraction of sp³-hybridized carbons (Fsp3) is 0.759. The number of thiophene rings is 1. The molecule has 36 heavy (non-hydrogen) atoms. The highest BCUT2D eigenvalue weighted by Crippen LogP contribution is 2.42. The Labute approximate surface area is 221 Å². The Kier molecular flexibility index (Phi) is 7.87. The van der Waals surface area contributed by atoms with Crippen LogP contribution in [0.3, 0.4) is 0 Å². The molecule has 2 aromatic rings. The van der Waals surface area contributed by atoms with Gasteiger partial charge in [-0.1, -0.05) is 33.1 Å². The van der Waals surface area contributed by atoms with Crippen molar-refractivity contribution in [2.45, 2.75) is 129 Å². The van der Waals surface area contributed by atoms with Gasteiger partial charge in [0.05, 0.1) is 6.04 Å². The van der Waals surface area contributed by atoms with Gasteiger partial charge in [0, 0.05) is 46.3 Å². The summed E-state index contributed by atoms with van der Waals surface area (Å²) in [6.45, 7) is 12.0. The van der Waals surface area contributed by atoms with E-state index >= 15 is 0 Å². The van der Waals surface area contributed by atoms with Crippen LogP contribution in [0.5, 0.6) is 0 Å². The molecular weight excluding hydrogens is 466 g/mol. The normalized spacial score (nSPS) is 26.0. The number of nitrogens with zero attached hydrogens (tertiary/aromatic N) is 4. The van der Waals surface area contributed by atoms with E-state index in [1.807, 2.05) is 11.3 Å². The molecule has 2 aliphatic heterocycles. The zero-order chi connectivity index (χ0) is 25.4. The second kappa shape index (κ2) is 10.9. The predicted molar refractivity (Wildman–Crippen MR) is 147 cm³/mol. The standard InChI is InChI=1S/C29H45N5OS/c1-18(2)28-32-31-21(5)34(28)25-16-23-11-12-24(17-25)33(23)14-13-26(27-15-19(3)20(4)36-27)30-29(35)22-9-7-6-8-10-22/h15,18,22-26H,6-14,16-17H2,1-5H3,(H,30,35)/t23-,24+,25?,26-/m0/s1. The van der Waals surface area contributed by atoms with Crippen LogP contribution in [-0.4, -0.2) is 44.2 Å². The number of aryl methyl sites for hydroxylation is 3. The predicted octanol–water partition coefficient (Wildman–Crippen LogP) is 6.38. The first kappa shape index (κ1) is 25.9. The summed E-state index contributed by atoms with van der Waals surface area (Å²) in [6, 6.07) is 4.20. The minimum absolute atomic E-state index is 0.126. The molecular formula is C29H45N5OS.